The lowest BCUT2D eigenvalue weighted by molar-refractivity contribution is -0.386. The van der Waals surface area contributed by atoms with Crippen LogP contribution in [0.4, 0.5) is 11.6 Å². The van der Waals surface area contributed by atoms with Crippen LogP contribution in [0.15, 0.2) is 6.20 Å². The summed E-state index contributed by atoms with van der Waals surface area (Å²) in [5, 5.41) is 10.6. The second-order valence-electron chi connectivity index (χ2n) is 3.43. The summed E-state index contributed by atoms with van der Waals surface area (Å²) < 4.78 is 5.23. The summed E-state index contributed by atoms with van der Waals surface area (Å²) >= 11 is 0. The third-order valence-corrected chi connectivity index (χ3v) is 2.10. The summed E-state index contributed by atoms with van der Waals surface area (Å²) in [6, 6.07) is 0. The third kappa shape index (κ3) is 2.30. The number of nitrogen functional groups attached to an aromatic ring is 1. The number of nitrogens with two attached hydrogens (primary N) is 1. The van der Waals surface area contributed by atoms with Crippen molar-refractivity contribution >= 4 is 11.6 Å². The van der Waals surface area contributed by atoms with Gasteiger partial charge in [-0.1, -0.05) is 0 Å². The van der Waals surface area contributed by atoms with E-state index in [-0.39, 0.29) is 17.5 Å². The highest BCUT2D eigenvalue weighted by molar-refractivity contribution is 5.41. The normalized spacial score (nSPS) is 14.9. The zero-order valence-corrected chi connectivity index (χ0v) is 7.92. The van der Waals surface area contributed by atoms with Gasteiger partial charge in [-0.25, -0.2) is 4.98 Å². The van der Waals surface area contributed by atoms with Crippen LogP contribution in [-0.4, -0.2) is 21.5 Å². The van der Waals surface area contributed by atoms with Gasteiger partial charge in [0.15, 0.2) is 0 Å². The first-order valence-electron chi connectivity index (χ1n) is 4.56. The molecule has 0 radical (unpaired) electrons. The van der Waals surface area contributed by atoms with E-state index in [9.17, 15) is 10.1 Å². The second kappa shape index (κ2) is 3.68. The smallest absolute Gasteiger partial charge is 0.349 e. The maximum Gasteiger partial charge on any atom is 0.349 e. The van der Waals surface area contributed by atoms with Gasteiger partial charge in [-0.2, -0.15) is 4.98 Å². The fraction of sp³-hybridized carbons (Fsp3) is 0.500. The van der Waals surface area contributed by atoms with Gasteiger partial charge in [-0.05, 0) is 18.8 Å². The van der Waals surface area contributed by atoms with Crippen LogP contribution in [0.5, 0.6) is 5.88 Å². The number of hydrogen-bond acceptors (Lipinski definition) is 6. The first kappa shape index (κ1) is 9.63. The number of hydrogen-bond donors (Lipinski definition) is 1. The number of anilines is 1. The van der Waals surface area contributed by atoms with Crippen molar-refractivity contribution in [2.24, 2.45) is 5.92 Å². The van der Waals surface area contributed by atoms with Crippen LogP contribution in [0.1, 0.15) is 12.8 Å². The van der Waals surface area contributed by atoms with Crippen molar-refractivity contribution in [3.05, 3.63) is 16.3 Å². The predicted octanol–water partition coefficient (Wildman–Crippen LogP) is 0.756. The molecule has 15 heavy (non-hydrogen) atoms. The zero-order valence-electron chi connectivity index (χ0n) is 7.92. The number of nitro groups is 1. The van der Waals surface area contributed by atoms with Crippen molar-refractivity contribution in [1.82, 2.24) is 9.97 Å². The Morgan fingerprint density at radius 2 is 2.40 bits per heavy atom. The minimum Gasteiger partial charge on any atom is -0.472 e. The molecule has 0 aliphatic heterocycles. The molecule has 7 nitrogen and oxygen atoms in total. The Bertz CT molecular complexity index is 391. The van der Waals surface area contributed by atoms with Gasteiger partial charge in [-0.15, -0.1) is 0 Å². The summed E-state index contributed by atoms with van der Waals surface area (Å²) in [4.78, 5) is 17.3. The number of aromatic nitrogens is 2. The third-order valence-electron chi connectivity index (χ3n) is 2.10. The molecule has 1 fully saturated rings. The molecule has 0 aromatic carbocycles. The maximum atomic E-state index is 10.6. The van der Waals surface area contributed by atoms with Crippen LogP contribution < -0.4 is 10.5 Å². The molecular weight excluding hydrogens is 200 g/mol. The first-order valence-corrected chi connectivity index (χ1v) is 4.56. The van der Waals surface area contributed by atoms with E-state index >= 15 is 0 Å². The Balaban J connectivity index is 2.16. The standard InChI is InChI=1S/C8H10N4O3/c9-8-10-3-6(12(13)14)7(11-8)15-4-5-1-2-5/h3,5H,1-2,4H2,(H2,9,10,11). The van der Waals surface area contributed by atoms with Crippen molar-refractivity contribution < 1.29 is 9.66 Å². The van der Waals surface area contributed by atoms with E-state index in [1.165, 1.54) is 0 Å². The summed E-state index contributed by atoms with van der Waals surface area (Å²) in [5.41, 5.74) is 5.08. The minimum atomic E-state index is -0.582. The van der Waals surface area contributed by atoms with E-state index < -0.39 is 4.92 Å². The summed E-state index contributed by atoms with van der Waals surface area (Å²) in [6.07, 6.45) is 3.27. The molecule has 0 spiro atoms. The quantitative estimate of drug-likeness (QED) is 0.581. The molecule has 1 aromatic rings. The summed E-state index contributed by atoms with van der Waals surface area (Å²) in [6.45, 7) is 0.456. The topological polar surface area (TPSA) is 104 Å². The summed E-state index contributed by atoms with van der Waals surface area (Å²) in [7, 11) is 0. The highest BCUT2D eigenvalue weighted by Crippen LogP contribution is 2.31. The highest BCUT2D eigenvalue weighted by atomic mass is 16.6. The fourth-order valence-corrected chi connectivity index (χ4v) is 1.09. The van der Waals surface area contributed by atoms with Gasteiger partial charge < -0.3 is 10.5 Å². The van der Waals surface area contributed by atoms with Crippen molar-refractivity contribution in [3.63, 3.8) is 0 Å². The molecular formula is C8H10N4O3. The van der Waals surface area contributed by atoms with Crippen molar-refractivity contribution in [1.29, 1.82) is 0 Å². The van der Waals surface area contributed by atoms with Crippen LogP contribution in [0, 0.1) is 16.0 Å². The van der Waals surface area contributed by atoms with E-state index in [0.29, 0.717) is 12.5 Å². The van der Waals surface area contributed by atoms with Crippen LogP contribution in [0.2, 0.25) is 0 Å². The number of ether oxygens (including phenoxy) is 1. The van der Waals surface area contributed by atoms with Gasteiger partial charge in [0.1, 0.15) is 6.20 Å². The van der Waals surface area contributed by atoms with Gasteiger partial charge in [0.05, 0.1) is 11.5 Å². The number of rotatable bonds is 4. The van der Waals surface area contributed by atoms with Gasteiger partial charge in [-0.3, -0.25) is 10.1 Å². The lowest BCUT2D eigenvalue weighted by Gasteiger charge is -2.04. The van der Waals surface area contributed by atoms with Gasteiger partial charge >= 0.3 is 5.69 Å². The van der Waals surface area contributed by atoms with Crippen molar-refractivity contribution in [2.45, 2.75) is 12.8 Å². The van der Waals surface area contributed by atoms with E-state index in [1.54, 1.807) is 0 Å². The molecule has 0 bridgehead atoms. The molecule has 1 aromatic heterocycles. The molecule has 1 aliphatic rings. The van der Waals surface area contributed by atoms with Crippen molar-refractivity contribution in [3.8, 4) is 5.88 Å². The lowest BCUT2D eigenvalue weighted by atomic mass is 10.4. The van der Waals surface area contributed by atoms with E-state index in [2.05, 4.69) is 9.97 Å². The Kier molecular flexibility index (Phi) is 2.36. The molecule has 2 N–H and O–H groups in total. The monoisotopic (exact) mass is 210 g/mol. The molecule has 1 saturated carbocycles. The fourth-order valence-electron chi connectivity index (χ4n) is 1.09. The Labute approximate surface area is 85.4 Å². The molecule has 0 atom stereocenters. The van der Waals surface area contributed by atoms with E-state index in [4.69, 9.17) is 10.5 Å². The predicted molar refractivity (Wildman–Crippen MR) is 51.3 cm³/mol. The Hall–Kier alpha value is -1.92. The average Bonchev–Trinajstić information content (AvgIpc) is 2.97. The van der Waals surface area contributed by atoms with Crippen LogP contribution in [-0.2, 0) is 0 Å². The van der Waals surface area contributed by atoms with Gasteiger partial charge in [0.2, 0.25) is 5.95 Å². The zero-order chi connectivity index (χ0) is 10.8. The SMILES string of the molecule is Nc1ncc([N+](=O)[O-])c(OCC2CC2)n1. The Morgan fingerprint density at radius 1 is 1.67 bits per heavy atom. The molecule has 1 aliphatic carbocycles. The molecule has 0 amide bonds. The number of nitrogens with zero attached hydrogens (tertiary/aromatic N) is 3. The second-order valence-corrected chi connectivity index (χ2v) is 3.43. The van der Waals surface area contributed by atoms with Crippen LogP contribution in [0.25, 0.3) is 0 Å². The first-order chi connectivity index (χ1) is 7.16. The molecule has 0 saturated heterocycles. The van der Waals surface area contributed by atoms with Gasteiger partial charge in [0.25, 0.3) is 5.88 Å². The molecule has 0 unspecified atom stereocenters. The van der Waals surface area contributed by atoms with Crippen molar-refractivity contribution in [2.75, 3.05) is 12.3 Å². The molecule has 80 valence electrons. The van der Waals surface area contributed by atoms with E-state index in [1.807, 2.05) is 0 Å². The van der Waals surface area contributed by atoms with Crippen LogP contribution in [0.3, 0.4) is 0 Å². The van der Waals surface area contributed by atoms with E-state index in [0.717, 1.165) is 19.0 Å². The molecule has 1 heterocycles. The molecule has 2 rings (SSSR count). The Morgan fingerprint density at radius 3 is 3.00 bits per heavy atom. The highest BCUT2D eigenvalue weighted by Gasteiger charge is 2.25. The van der Waals surface area contributed by atoms with Crippen LogP contribution >= 0.6 is 0 Å². The largest absolute Gasteiger partial charge is 0.472 e. The average molecular weight is 210 g/mol. The lowest BCUT2D eigenvalue weighted by Crippen LogP contribution is -2.06. The maximum absolute atomic E-state index is 10.6. The minimum absolute atomic E-state index is 0.0219. The molecule has 7 heteroatoms. The van der Waals surface area contributed by atoms with Gasteiger partial charge in [0, 0.05) is 0 Å². The summed E-state index contributed by atoms with van der Waals surface area (Å²) in [5.74, 6) is 0.437.